The smallest absolute Gasteiger partial charge is 0.152 e. The predicted octanol–water partition coefficient (Wildman–Crippen LogP) is 1.70. The van der Waals surface area contributed by atoms with Gasteiger partial charge in [-0.2, -0.15) is 0 Å². The van der Waals surface area contributed by atoms with Crippen LogP contribution in [0.5, 0.6) is 0 Å². The van der Waals surface area contributed by atoms with Gasteiger partial charge in [0, 0.05) is 32.2 Å². The molecule has 1 aromatic rings. The van der Waals surface area contributed by atoms with Crippen LogP contribution < -0.4 is 15.1 Å². The fraction of sp³-hybridized carbons (Fsp3) is 0.667. The van der Waals surface area contributed by atoms with Crippen molar-refractivity contribution in [3.05, 3.63) is 12.1 Å². The Balaban J connectivity index is 1.62. The van der Waals surface area contributed by atoms with E-state index in [1.54, 1.807) is 0 Å². The van der Waals surface area contributed by atoms with E-state index >= 15 is 0 Å². The molecule has 20 heavy (non-hydrogen) atoms. The summed E-state index contributed by atoms with van der Waals surface area (Å²) in [4.78, 5) is 9.65. The van der Waals surface area contributed by atoms with Gasteiger partial charge in [0.25, 0.3) is 0 Å². The molecule has 108 valence electrons. The van der Waals surface area contributed by atoms with Crippen LogP contribution in [0.4, 0.5) is 17.3 Å². The maximum absolute atomic E-state index is 5.80. The van der Waals surface area contributed by atoms with Crippen molar-refractivity contribution in [2.24, 2.45) is 0 Å². The van der Waals surface area contributed by atoms with Crippen molar-refractivity contribution in [2.45, 2.75) is 38.5 Å². The number of anilines is 3. The van der Waals surface area contributed by atoms with Crippen LogP contribution in [-0.4, -0.2) is 49.4 Å². The number of hydrogen-bond acceptors (Lipinski definition) is 5. The lowest BCUT2D eigenvalue weighted by molar-refractivity contribution is -0.00545. The van der Waals surface area contributed by atoms with Gasteiger partial charge in [-0.1, -0.05) is 0 Å². The maximum atomic E-state index is 5.80. The molecule has 0 amide bonds. The topological polar surface area (TPSA) is 40.6 Å². The molecule has 0 spiro atoms. The Morgan fingerprint density at radius 2 is 1.95 bits per heavy atom. The molecule has 2 bridgehead atoms. The van der Waals surface area contributed by atoms with Gasteiger partial charge >= 0.3 is 0 Å². The Morgan fingerprint density at radius 1 is 1.15 bits per heavy atom. The molecule has 3 aliphatic heterocycles. The first-order valence-electron chi connectivity index (χ1n) is 7.62. The molecule has 0 radical (unpaired) electrons. The predicted molar refractivity (Wildman–Crippen MR) is 80.7 cm³/mol. The van der Waals surface area contributed by atoms with Gasteiger partial charge in [0.1, 0.15) is 5.82 Å². The Kier molecular flexibility index (Phi) is 2.77. The molecule has 3 unspecified atom stereocenters. The molecule has 1 N–H and O–H groups in total. The monoisotopic (exact) mass is 274 g/mol. The molecule has 3 aliphatic rings. The van der Waals surface area contributed by atoms with Crippen molar-refractivity contribution in [3.63, 3.8) is 0 Å². The molecule has 0 saturated carbocycles. The number of nitrogens with one attached hydrogen (secondary N) is 1. The highest BCUT2D eigenvalue weighted by atomic mass is 16.5. The van der Waals surface area contributed by atoms with Crippen molar-refractivity contribution in [1.29, 1.82) is 0 Å². The van der Waals surface area contributed by atoms with Crippen LogP contribution in [0.25, 0.3) is 0 Å². The zero-order chi connectivity index (χ0) is 13.7. The highest BCUT2D eigenvalue weighted by molar-refractivity contribution is 5.72. The summed E-state index contributed by atoms with van der Waals surface area (Å²) in [5, 5.41) is 3.58. The van der Waals surface area contributed by atoms with Crippen LogP contribution in [-0.2, 0) is 4.74 Å². The Morgan fingerprint density at radius 3 is 2.75 bits per heavy atom. The molecule has 2 fully saturated rings. The molecule has 5 heteroatoms. The van der Waals surface area contributed by atoms with E-state index in [0.29, 0.717) is 6.04 Å². The van der Waals surface area contributed by atoms with E-state index in [0.717, 1.165) is 37.8 Å². The third kappa shape index (κ3) is 2.00. The van der Waals surface area contributed by atoms with E-state index in [2.05, 4.69) is 41.1 Å². The van der Waals surface area contributed by atoms with Crippen molar-refractivity contribution < 1.29 is 4.74 Å². The van der Waals surface area contributed by atoms with Gasteiger partial charge in [-0.3, -0.25) is 0 Å². The first kappa shape index (κ1) is 12.3. The van der Waals surface area contributed by atoms with Crippen molar-refractivity contribution in [3.8, 4) is 0 Å². The first-order valence-corrected chi connectivity index (χ1v) is 7.62. The van der Waals surface area contributed by atoms with Crippen molar-refractivity contribution >= 4 is 17.3 Å². The standard InChI is InChI=1S/C15H22N4O/c1-10-7-19(8-11(2)20-10)14-4-3-13-15(17-14)16-12-5-6-18(13)9-12/h3-4,10-12H,5-9H2,1-2H3,(H,16,17). The minimum absolute atomic E-state index is 0.268. The zero-order valence-electron chi connectivity index (χ0n) is 12.2. The lowest BCUT2D eigenvalue weighted by Gasteiger charge is -2.37. The third-order valence-electron chi connectivity index (χ3n) is 4.47. The minimum atomic E-state index is 0.268. The number of aromatic nitrogens is 1. The summed E-state index contributed by atoms with van der Waals surface area (Å²) in [6.07, 6.45) is 1.76. The zero-order valence-corrected chi connectivity index (χ0v) is 12.2. The quantitative estimate of drug-likeness (QED) is 0.844. The number of pyridine rings is 1. The van der Waals surface area contributed by atoms with Crippen molar-refractivity contribution in [2.75, 3.05) is 41.3 Å². The fourth-order valence-corrected chi connectivity index (χ4v) is 3.63. The van der Waals surface area contributed by atoms with Crippen LogP contribution in [0.2, 0.25) is 0 Å². The van der Waals surface area contributed by atoms with Crippen LogP contribution in [0.1, 0.15) is 20.3 Å². The van der Waals surface area contributed by atoms with Gasteiger partial charge in [0.2, 0.25) is 0 Å². The highest BCUT2D eigenvalue weighted by Crippen LogP contribution is 2.35. The van der Waals surface area contributed by atoms with Gasteiger partial charge in [0.15, 0.2) is 5.82 Å². The Hall–Kier alpha value is -1.49. The number of ether oxygens (including phenoxy) is 1. The molecular weight excluding hydrogens is 252 g/mol. The molecule has 3 atom stereocenters. The largest absolute Gasteiger partial charge is 0.372 e. The number of rotatable bonds is 1. The normalized spacial score (nSPS) is 32.0. The van der Waals surface area contributed by atoms with E-state index < -0.39 is 0 Å². The first-order chi connectivity index (χ1) is 9.69. The lowest BCUT2D eigenvalue weighted by atomic mass is 10.2. The average Bonchev–Trinajstić information content (AvgIpc) is 2.80. The van der Waals surface area contributed by atoms with Gasteiger partial charge in [0.05, 0.1) is 17.9 Å². The SMILES string of the molecule is CC1CN(c2ccc3c(n2)NC2CCN3C2)CC(C)O1. The lowest BCUT2D eigenvalue weighted by Crippen LogP contribution is -2.46. The van der Waals surface area contributed by atoms with E-state index in [9.17, 15) is 0 Å². The highest BCUT2D eigenvalue weighted by Gasteiger charge is 2.31. The van der Waals surface area contributed by atoms with E-state index in [-0.39, 0.29) is 12.2 Å². The number of nitrogens with zero attached hydrogens (tertiary/aromatic N) is 3. The summed E-state index contributed by atoms with van der Waals surface area (Å²) < 4.78 is 5.80. The Labute approximate surface area is 119 Å². The number of fused-ring (bicyclic) bond motifs is 4. The number of hydrogen-bond donors (Lipinski definition) is 1. The summed E-state index contributed by atoms with van der Waals surface area (Å²) in [7, 11) is 0. The molecule has 5 nitrogen and oxygen atoms in total. The second-order valence-electron chi connectivity index (χ2n) is 6.28. The Bertz CT molecular complexity index is 511. The molecule has 2 saturated heterocycles. The molecule has 4 rings (SSSR count). The third-order valence-corrected chi connectivity index (χ3v) is 4.47. The van der Waals surface area contributed by atoms with Crippen molar-refractivity contribution in [1.82, 2.24) is 4.98 Å². The molecule has 4 heterocycles. The molecule has 0 aliphatic carbocycles. The molecule has 1 aromatic heterocycles. The van der Waals surface area contributed by atoms with Gasteiger partial charge in [-0.15, -0.1) is 0 Å². The van der Waals surface area contributed by atoms with Gasteiger partial charge < -0.3 is 19.9 Å². The molecular formula is C15H22N4O. The molecule has 0 aromatic carbocycles. The number of morpholine rings is 1. The maximum Gasteiger partial charge on any atom is 0.152 e. The van der Waals surface area contributed by atoms with Gasteiger partial charge in [-0.05, 0) is 32.4 Å². The van der Waals surface area contributed by atoms with Crippen LogP contribution in [0, 0.1) is 0 Å². The summed E-state index contributed by atoms with van der Waals surface area (Å²) in [5.74, 6) is 2.13. The van der Waals surface area contributed by atoms with Crippen LogP contribution in [0.15, 0.2) is 12.1 Å². The average molecular weight is 274 g/mol. The second kappa shape index (κ2) is 4.52. The van der Waals surface area contributed by atoms with Gasteiger partial charge in [-0.25, -0.2) is 4.98 Å². The fourth-order valence-electron chi connectivity index (χ4n) is 3.63. The van der Waals surface area contributed by atoms with Crippen LogP contribution >= 0.6 is 0 Å². The summed E-state index contributed by atoms with van der Waals surface area (Å²) in [6, 6.07) is 4.95. The summed E-state index contributed by atoms with van der Waals surface area (Å²) >= 11 is 0. The van der Waals surface area contributed by atoms with E-state index in [1.165, 1.54) is 12.1 Å². The van der Waals surface area contributed by atoms with Crippen LogP contribution in [0.3, 0.4) is 0 Å². The second-order valence-corrected chi connectivity index (χ2v) is 6.28. The van der Waals surface area contributed by atoms with E-state index in [4.69, 9.17) is 9.72 Å². The van der Waals surface area contributed by atoms with E-state index in [1.807, 2.05) is 0 Å². The minimum Gasteiger partial charge on any atom is -0.372 e. The summed E-state index contributed by atoms with van der Waals surface area (Å²) in [6.45, 7) is 8.38. The summed E-state index contributed by atoms with van der Waals surface area (Å²) in [5.41, 5.74) is 1.26.